The molecular formula is C20H22N2O2. The highest BCUT2D eigenvalue weighted by Crippen LogP contribution is 2.58. The van der Waals surface area contributed by atoms with Crippen molar-refractivity contribution < 1.29 is 9.53 Å². The Morgan fingerprint density at radius 1 is 1.04 bits per heavy atom. The van der Waals surface area contributed by atoms with Gasteiger partial charge in [-0.05, 0) is 43.0 Å². The molecule has 1 unspecified atom stereocenters. The number of para-hydroxylation sites is 1. The maximum absolute atomic E-state index is 12.9. The van der Waals surface area contributed by atoms with Crippen LogP contribution in [0.25, 0.3) is 0 Å². The van der Waals surface area contributed by atoms with Crippen molar-refractivity contribution in [3.63, 3.8) is 0 Å². The molecule has 0 spiro atoms. The summed E-state index contributed by atoms with van der Waals surface area (Å²) >= 11 is 0. The third kappa shape index (κ3) is 1.83. The lowest BCUT2D eigenvalue weighted by atomic mass is 9.84. The second-order valence-electron chi connectivity index (χ2n) is 7.50. The van der Waals surface area contributed by atoms with E-state index in [-0.39, 0.29) is 11.4 Å². The predicted molar refractivity (Wildman–Crippen MR) is 95.9 cm³/mol. The molecule has 0 saturated heterocycles. The molecule has 1 heterocycles. The SMILES string of the molecule is COc1ccc2c3c1C(C)(C)CC3(C)N(c1ccccc1)C(=O)N2. The zero-order valence-corrected chi connectivity index (χ0v) is 14.5. The van der Waals surface area contributed by atoms with Crippen molar-refractivity contribution >= 4 is 17.4 Å². The summed E-state index contributed by atoms with van der Waals surface area (Å²) in [5, 5.41) is 3.07. The summed E-state index contributed by atoms with van der Waals surface area (Å²) in [6.07, 6.45) is 0.852. The third-order valence-electron chi connectivity index (χ3n) is 5.34. The van der Waals surface area contributed by atoms with Crippen LogP contribution in [-0.2, 0) is 11.0 Å². The van der Waals surface area contributed by atoms with Crippen molar-refractivity contribution in [1.29, 1.82) is 0 Å². The monoisotopic (exact) mass is 322 g/mol. The Balaban J connectivity index is 2.00. The number of carbonyl (C=O) groups excluding carboxylic acids is 1. The number of urea groups is 1. The fourth-order valence-corrected chi connectivity index (χ4v) is 4.69. The first-order valence-corrected chi connectivity index (χ1v) is 8.27. The minimum atomic E-state index is -0.396. The minimum Gasteiger partial charge on any atom is -0.496 e. The smallest absolute Gasteiger partial charge is 0.327 e. The van der Waals surface area contributed by atoms with Crippen molar-refractivity contribution in [1.82, 2.24) is 0 Å². The molecule has 1 aliphatic heterocycles. The highest BCUT2D eigenvalue weighted by Gasteiger charge is 2.55. The Labute approximate surface area is 142 Å². The Kier molecular flexibility index (Phi) is 2.99. The fraction of sp³-hybridized carbons (Fsp3) is 0.350. The molecule has 4 rings (SSSR count). The van der Waals surface area contributed by atoms with Gasteiger partial charge in [-0.1, -0.05) is 32.0 Å². The molecule has 0 bridgehead atoms. The molecule has 0 fully saturated rings. The summed E-state index contributed by atoms with van der Waals surface area (Å²) in [4.78, 5) is 14.8. The average molecular weight is 322 g/mol. The summed E-state index contributed by atoms with van der Waals surface area (Å²) in [5.74, 6) is 0.895. The van der Waals surface area contributed by atoms with Crippen LogP contribution in [0.3, 0.4) is 0 Å². The standard InChI is InChI=1S/C20H22N2O2/c1-19(2)12-20(3)16-14(10-11-15(24-4)17(16)19)21-18(23)22(20)13-8-6-5-7-9-13/h5-11H,12H2,1-4H3,(H,21,23). The number of nitrogens with one attached hydrogen (secondary N) is 1. The van der Waals surface area contributed by atoms with Crippen LogP contribution >= 0.6 is 0 Å². The molecule has 24 heavy (non-hydrogen) atoms. The molecule has 2 aromatic carbocycles. The molecule has 2 amide bonds. The molecule has 0 saturated carbocycles. The number of methoxy groups -OCH3 is 1. The first-order chi connectivity index (χ1) is 11.4. The van der Waals surface area contributed by atoms with E-state index in [9.17, 15) is 4.79 Å². The van der Waals surface area contributed by atoms with Gasteiger partial charge in [-0.25, -0.2) is 4.79 Å². The van der Waals surface area contributed by atoms with E-state index >= 15 is 0 Å². The maximum Gasteiger partial charge on any atom is 0.327 e. The predicted octanol–water partition coefficient (Wildman–Crippen LogP) is 4.64. The molecule has 4 nitrogen and oxygen atoms in total. The number of carbonyl (C=O) groups is 1. The number of ether oxygens (including phenoxy) is 1. The van der Waals surface area contributed by atoms with Gasteiger partial charge in [0, 0.05) is 22.5 Å². The number of rotatable bonds is 2. The number of nitrogens with zero attached hydrogens (tertiary/aromatic N) is 1. The fourth-order valence-electron chi connectivity index (χ4n) is 4.69. The van der Waals surface area contributed by atoms with Gasteiger partial charge >= 0.3 is 6.03 Å². The Morgan fingerprint density at radius 2 is 1.75 bits per heavy atom. The van der Waals surface area contributed by atoms with Crippen molar-refractivity contribution in [2.45, 2.75) is 38.1 Å². The lowest BCUT2D eigenvalue weighted by Gasteiger charge is -2.44. The number of hydrogen-bond acceptors (Lipinski definition) is 2. The van der Waals surface area contributed by atoms with E-state index in [1.165, 1.54) is 11.1 Å². The molecule has 0 aromatic heterocycles. The van der Waals surface area contributed by atoms with E-state index in [1.54, 1.807) is 7.11 Å². The lowest BCUT2D eigenvalue weighted by molar-refractivity contribution is 0.245. The molecule has 2 aliphatic rings. The van der Waals surface area contributed by atoms with E-state index in [4.69, 9.17) is 4.74 Å². The Bertz CT molecular complexity index is 829. The van der Waals surface area contributed by atoms with Gasteiger partial charge in [-0.15, -0.1) is 0 Å². The second kappa shape index (κ2) is 4.76. The van der Waals surface area contributed by atoms with Crippen LogP contribution in [0.1, 0.15) is 38.3 Å². The molecule has 0 radical (unpaired) electrons. The first kappa shape index (κ1) is 15.1. The largest absolute Gasteiger partial charge is 0.496 e. The van der Waals surface area contributed by atoms with Gasteiger partial charge in [-0.3, -0.25) is 4.90 Å². The van der Waals surface area contributed by atoms with E-state index in [1.807, 2.05) is 47.4 Å². The maximum atomic E-state index is 12.9. The van der Waals surface area contributed by atoms with Crippen molar-refractivity contribution in [2.75, 3.05) is 17.3 Å². The third-order valence-corrected chi connectivity index (χ3v) is 5.34. The highest BCUT2D eigenvalue weighted by atomic mass is 16.5. The quantitative estimate of drug-likeness (QED) is 0.875. The van der Waals surface area contributed by atoms with Crippen LogP contribution in [0.4, 0.5) is 16.2 Å². The van der Waals surface area contributed by atoms with E-state index < -0.39 is 5.54 Å². The first-order valence-electron chi connectivity index (χ1n) is 8.27. The second-order valence-corrected chi connectivity index (χ2v) is 7.50. The molecule has 4 heteroatoms. The molecule has 1 aliphatic carbocycles. The number of amides is 2. The van der Waals surface area contributed by atoms with Crippen LogP contribution in [0.15, 0.2) is 42.5 Å². The number of hydrogen-bond donors (Lipinski definition) is 1. The Hall–Kier alpha value is -2.49. The molecular weight excluding hydrogens is 300 g/mol. The highest BCUT2D eigenvalue weighted by molar-refractivity contribution is 6.07. The van der Waals surface area contributed by atoms with Crippen molar-refractivity contribution in [3.8, 4) is 5.75 Å². The normalized spacial score (nSPS) is 23.7. The molecule has 1 N–H and O–H groups in total. The van der Waals surface area contributed by atoms with Crippen LogP contribution in [0, 0.1) is 0 Å². The summed E-state index contributed by atoms with van der Waals surface area (Å²) in [5.41, 5.74) is 3.71. The van der Waals surface area contributed by atoms with Crippen LogP contribution in [0.5, 0.6) is 5.75 Å². The topological polar surface area (TPSA) is 41.6 Å². The van der Waals surface area contributed by atoms with Crippen molar-refractivity contribution in [2.24, 2.45) is 0 Å². The number of anilines is 2. The van der Waals surface area contributed by atoms with Gasteiger partial charge < -0.3 is 10.1 Å². The van der Waals surface area contributed by atoms with Crippen LogP contribution in [0.2, 0.25) is 0 Å². The van der Waals surface area contributed by atoms with Gasteiger partial charge in [0.1, 0.15) is 5.75 Å². The molecule has 2 aromatic rings. The van der Waals surface area contributed by atoms with Gasteiger partial charge in [0.2, 0.25) is 0 Å². The molecule has 124 valence electrons. The molecule has 1 atom stereocenters. The Morgan fingerprint density at radius 3 is 2.42 bits per heavy atom. The summed E-state index contributed by atoms with van der Waals surface area (Å²) in [6, 6.07) is 13.7. The van der Waals surface area contributed by atoms with Crippen molar-refractivity contribution in [3.05, 3.63) is 53.6 Å². The van der Waals surface area contributed by atoms with Gasteiger partial charge in [0.05, 0.1) is 12.6 Å². The van der Waals surface area contributed by atoms with Gasteiger partial charge in [0.25, 0.3) is 0 Å². The van der Waals surface area contributed by atoms with Gasteiger partial charge in [0.15, 0.2) is 0 Å². The average Bonchev–Trinajstić information content (AvgIpc) is 2.76. The summed E-state index contributed by atoms with van der Waals surface area (Å²) < 4.78 is 5.65. The summed E-state index contributed by atoms with van der Waals surface area (Å²) in [6.45, 7) is 6.61. The minimum absolute atomic E-state index is 0.0786. The number of benzene rings is 2. The van der Waals surface area contributed by atoms with E-state index in [0.29, 0.717) is 0 Å². The zero-order valence-electron chi connectivity index (χ0n) is 14.5. The van der Waals surface area contributed by atoms with Crippen LogP contribution < -0.4 is 15.0 Å². The van der Waals surface area contributed by atoms with E-state index in [2.05, 4.69) is 26.1 Å². The van der Waals surface area contributed by atoms with E-state index in [0.717, 1.165) is 23.5 Å². The van der Waals surface area contributed by atoms with Gasteiger partial charge in [-0.2, -0.15) is 0 Å². The lowest BCUT2D eigenvalue weighted by Crippen LogP contribution is -2.52. The summed E-state index contributed by atoms with van der Waals surface area (Å²) in [7, 11) is 1.71. The zero-order chi connectivity index (χ0) is 17.1. The van der Waals surface area contributed by atoms with Crippen LogP contribution in [-0.4, -0.2) is 13.1 Å².